The molecular formula is C64H124O6. The maximum absolute atomic E-state index is 12.9. The highest BCUT2D eigenvalue weighted by atomic mass is 16.6. The second-order valence-electron chi connectivity index (χ2n) is 23.5. The highest BCUT2D eigenvalue weighted by molar-refractivity contribution is 5.71. The van der Waals surface area contributed by atoms with E-state index in [1.165, 1.54) is 238 Å². The lowest BCUT2D eigenvalue weighted by Gasteiger charge is -2.18. The number of esters is 3. The fourth-order valence-corrected chi connectivity index (χ4v) is 9.88. The predicted molar refractivity (Wildman–Crippen MR) is 303 cm³/mol. The molecule has 6 nitrogen and oxygen atoms in total. The van der Waals surface area contributed by atoms with E-state index in [1.807, 2.05) is 0 Å². The zero-order valence-electron chi connectivity index (χ0n) is 48.3. The summed E-state index contributed by atoms with van der Waals surface area (Å²) in [6, 6.07) is 0. The number of unbranched alkanes of at least 4 members (excludes halogenated alkanes) is 40. The molecule has 0 fully saturated rings. The minimum absolute atomic E-state index is 0.0626. The number of carbonyl (C=O) groups is 3. The third-order valence-corrected chi connectivity index (χ3v) is 14.6. The van der Waals surface area contributed by atoms with Gasteiger partial charge in [-0.3, -0.25) is 14.4 Å². The Morgan fingerprint density at radius 3 is 0.614 bits per heavy atom. The zero-order chi connectivity index (χ0) is 51.2. The standard InChI is InChI=1S/C64H124O6/c1-58(2)50-44-38-32-26-20-14-9-7-8-10-18-25-31-37-43-49-55-64(67)70-61(57-69-63(66)54-48-42-36-30-24-19-13-16-22-28-34-40-46-52-60(5)6)56-68-62(65)53-47-41-35-29-23-17-12-11-15-21-27-33-39-45-51-59(3)4/h58-61H,7-57H2,1-6H3/t61-/m1/s1. The Morgan fingerprint density at radius 2 is 0.414 bits per heavy atom. The number of hydrogen-bond donors (Lipinski definition) is 0. The van der Waals surface area contributed by atoms with Crippen LogP contribution in [0.25, 0.3) is 0 Å². The summed E-state index contributed by atoms with van der Waals surface area (Å²) in [4.78, 5) is 38.3. The highest BCUT2D eigenvalue weighted by Gasteiger charge is 2.19. The smallest absolute Gasteiger partial charge is 0.306 e. The molecular weight excluding hydrogens is 865 g/mol. The quantitative estimate of drug-likeness (QED) is 0.0343. The summed E-state index contributed by atoms with van der Waals surface area (Å²) in [7, 11) is 0. The molecule has 0 saturated carbocycles. The molecule has 6 heteroatoms. The van der Waals surface area contributed by atoms with Gasteiger partial charge in [-0.05, 0) is 37.0 Å². The van der Waals surface area contributed by atoms with Gasteiger partial charge < -0.3 is 14.2 Å². The van der Waals surface area contributed by atoms with Crippen molar-refractivity contribution in [3.05, 3.63) is 0 Å². The maximum atomic E-state index is 12.9. The zero-order valence-corrected chi connectivity index (χ0v) is 48.3. The van der Waals surface area contributed by atoms with Gasteiger partial charge in [-0.2, -0.15) is 0 Å². The van der Waals surface area contributed by atoms with Gasteiger partial charge in [0, 0.05) is 19.3 Å². The van der Waals surface area contributed by atoms with Gasteiger partial charge in [-0.1, -0.05) is 318 Å². The first kappa shape index (κ1) is 68.4. The van der Waals surface area contributed by atoms with Crippen LogP contribution < -0.4 is 0 Å². The lowest BCUT2D eigenvalue weighted by Crippen LogP contribution is -2.30. The monoisotopic (exact) mass is 989 g/mol. The van der Waals surface area contributed by atoms with Crippen LogP contribution in [-0.2, 0) is 28.6 Å². The Kier molecular flexibility index (Phi) is 53.9. The Hall–Kier alpha value is -1.59. The number of hydrogen-bond acceptors (Lipinski definition) is 6. The summed E-state index contributed by atoms with van der Waals surface area (Å²) in [5.74, 6) is 1.70. The number of carbonyl (C=O) groups excluding carboxylic acids is 3. The summed E-state index contributed by atoms with van der Waals surface area (Å²) in [6.07, 6.45) is 59.6. The molecule has 0 aromatic heterocycles. The fraction of sp³-hybridized carbons (Fsp3) is 0.953. The van der Waals surface area contributed by atoms with Crippen LogP contribution in [0.4, 0.5) is 0 Å². The molecule has 70 heavy (non-hydrogen) atoms. The highest BCUT2D eigenvalue weighted by Crippen LogP contribution is 2.19. The van der Waals surface area contributed by atoms with Crippen molar-refractivity contribution in [2.45, 2.75) is 362 Å². The second kappa shape index (κ2) is 55.2. The van der Waals surface area contributed by atoms with E-state index in [1.54, 1.807) is 0 Å². The van der Waals surface area contributed by atoms with Gasteiger partial charge in [0.15, 0.2) is 6.10 Å². The molecule has 0 N–H and O–H groups in total. The van der Waals surface area contributed by atoms with Crippen molar-refractivity contribution in [1.82, 2.24) is 0 Å². The third kappa shape index (κ3) is 57.3. The van der Waals surface area contributed by atoms with Crippen LogP contribution in [0.15, 0.2) is 0 Å². The van der Waals surface area contributed by atoms with Crippen molar-refractivity contribution >= 4 is 17.9 Å². The van der Waals surface area contributed by atoms with Gasteiger partial charge in [0.05, 0.1) is 0 Å². The minimum Gasteiger partial charge on any atom is -0.462 e. The summed E-state index contributed by atoms with van der Waals surface area (Å²) in [6.45, 7) is 13.8. The number of rotatable bonds is 57. The van der Waals surface area contributed by atoms with Crippen molar-refractivity contribution in [3.63, 3.8) is 0 Å². The van der Waals surface area contributed by atoms with Crippen LogP contribution in [0.2, 0.25) is 0 Å². The van der Waals surface area contributed by atoms with E-state index in [9.17, 15) is 14.4 Å². The molecule has 0 heterocycles. The normalized spacial score (nSPS) is 12.1. The molecule has 0 radical (unpaired) electrons. The molecule has 0 rings (SSSR count). The topological polar surface area (TPSA) is 78.9 Å². The molecule has 0 aliphatic heterocycles. The minimum atomic E-state index is -0.764. The average molecular weight is 990 g/mol. The molecule has 0 bridgehead atoms. The number of ether oxygens (including phenoxy) is 3. The molecule has 0 spiro atoms. The molecule has 1 atom stereocenters. The van der Waals surface area contributed by atoms with Crippen molar-refractivity contribution in [3.8, 4) is 0 Å². The van der Waals surface area contributed by atoms with E-state index in [4.69, 9.17) is 14.2 Å². The second-order valence-corrected chi connectivity index (χ2v) is 23.5. The van der Waals surface area contributed by atoms with Crippen molar-refractivity contribution in [2.24, 2.45) is 17.8 Å². The van der Waals surface area contributed by atoms with E-state index >= 15 is 0 Å². The van der Waals surface area contributed by atoms with Gasteiger partial charge in [-0.25, -0.2) is 0 Å². The van der Waals surface area contributed by atoms with E-state index in [0.717, 1.165) is 75.5 Å². The largest absolute Gasteiger partial charge is 0.462 e. The predicted octanol–water partition coefficient (Wildman–Crippen LogP) is 21.1. The van der Waals surface area contributed by atoms with Gasteiger partial charge in [0.2, 0.25) is 0 Å². The first-order valence-corrected chi connectivity index (χ1v) is 31.6. The molecule has 0 aromatic carbocycles. The van der Waals surface area contributed by atoms with Crippen LogP contribution >= 0.6 is 0 Å². The molecule has 0 aliphatic carbocycles. The van der Waals surface area contributed by atoms with Gasteiger partial charge in [-0.15, -0.1) is 0 Å². The lowest BCUT2D eigenvalue weighted by molar-refractivity contribution is -0.167. The van der Waals surface area contributed by atoms with Crippen LogP contribution in [-0.4, -0.2) is 37.2 Å². The van der Waals surface area contributed by atoms with Gasteiger partial charge in [0.1, 0.15) is 13.2 Å². The Balaban J connectivity index is 4.30. The molecule has 416 valence electrons. The summed E-state index contributed by atoms with van der Waals surface area (Å²) < 4.78 is 17.0. The van der Waals surface area contributed by atoms with Crippen LogP contribution in [0.3, 0.4) is 0 Å². The summed E-state index contributed by atoms with van der Waals surface area (Å²) in [5, 5.41) is 0. The average Bonchev–Trinajstić information content (AvgIpc) is 3.32. The Labute approximate surface area is 438 Å². The van der Waals surface area contributed by atoms with Crippen LogP contribution in [0, 0.1) is 17.8 Å². The van der Waals surface area contributed by atoms with Crippen molar-refractivity contribution in [2.75, 3.05) is 13.2 Å². The summed E-state index contributed by atoms with van der Waals surface area (Å²) in [5.41, 5.74) is 0. The summed E-state index contributed by atoms with van der Waals surface area (Å²) >= 11 is 0. The van der Waals surface area contributed by atoms with Crippen molar-refractivity contribution in [1.29, 1.82) is 0 Å². The molecule has 0 unspecified atom stereocenters. The van der Waals surface area contributed by atoms with E-state index in [2.05, 4.69) is 41.5 Å². The SMILES string of the molecule is CC(C)CCCCCCCCCCCCCCCCCCC(=O)O[C@H](COC(=O)CCCCCCCCCCCCCCCCC(C)C)COC(=O)CCCCCCCCCCCCCCCC(C)C. The fourth-order valence-electron chi connectivity index (χ4n) is 9.88. The first-order valence-electron chi connectivity index (χ1n) is 31.6. The molecule has 0 saturated heterocycles. The van der Waals surface area contributed by atoms with Gasteiger partial charge in [0.25, 0.3) is 0 Å². The Morgan fingerprint density at radius 1 is 0.243 bits per heavy atom. The van der Waals surface area contributed by atoms with Crippen LogP contribution in [0.5, 0.6) is 0 Å². The van der Waals surface area contributed by atoms with Crippen molar-refractivity contribution < 1.29 is 28.6 Å². The van der Waals surface area contributed by atoms with Gasteiger partial charge >= 0.3 is 17.9 Å². The van der Waals surface area contributed by atoms with E-state index in [0.29, 0.717) is 19.3 Å². The lowest BCUT2D eigenvalue weighted by atomic mass is 10.0. The molecule has 0 amide bonds. The van der Waals surface area contributed by atoms with Crippen LogP contribution in [0.1, 0.15) is 356 Å². The Bertz CT molecular complexity index is 1090. The maximum Gasteiger partial charge on any atom is 0.306 e. The molecule has 0 aliphatic rings. The third-order valence-electron chi connectivity index (χ3n) is 14.6. The van der Waals surface area contributed by atoms with E-state index < -0.39 is 6.10 Å². The first-order chi connectivity index (χ1) is 34.1. The molecule has 0 aromatic rings. The van der Waals surface area contributed by atoms with E-state index in [-0.39, 0.29) is 31.1 Å².